The van der Waals surface area contributed by atoms with Crippen LogP contribution in [0.1, 0.15) is 16.1 Å². The molecule has 4 aromatic rings. The summed E-state index contributed by atoms with van der Waals surface area (Å²) in [5.41, 5.74) is 1.37. The van der Waals surface area contributed by atoms with Gasteiger partial charge in [0.05, 0.1) is 0 Å². The molecule has 1 saturated heterocycles. The summed E-state index contributed by atoms with van der Waals surface area (Å²) in [5, 5.41) is 2.84. The van der Waals surface area contributed by atoms with Gasteiger partial charge in [-0.15, -0.1) is 0 Å². The number of anilines is 1. The van der Waals surface area contributed by atoms with Gasteiger partial charge in [-0.1, -0.05) is 42.5 Å². The Bertz CT molecular complexity index is 1290. The number of fused-ring (bicyclic) bond motifs is 3. The molecule has 7 heteroatoms. The smallest absolute Gasteiger partial charge is 0.375 e. The Hall–Kier alpha value is -3.87. The summed E-state index contributed by atoms with van der Waals surface area (Å²) in [6, 6.07) is 17.6. The number of carbonyl (C=O) groups is 2. The van der Waals surface area contributed by atoms with Crippen LogP contribution in [-0.2, 0) is 9.53 Å². The predicted molar refractivity (Wildman–Crippen MR) is 122 cm³/mol. The number of pyridine rings is 1. The fraction of sp³-hybridized carbons (Fsp3) is 0.240. The zero-order valence-corrected chi connectivity index (χ0v) is 17.8. The van der Waals surface area contributed by atoms with Crippen LogP contribution >= 0.6 is 0 Å². The largest absolute Gasteiger partial charge is 0.450 e. The molecule has 0 radical (unpaired) electrons. The highest BCUT2D eigenvalue weighted by Gasteiger charge is 2.25. The molecule has 0 unspecified atom stereocenters. The average molecular weight is 429 g/mol. The third-order valence-electron chi connectivity index (χ3n) is 5.95. The maximum Gasteiger partial charge on any atom is 0.375 e. The van der Waals surface area contributed by atoms with Crippen LogP contribution in [-0.4, -0.2) is 54.5 Å². The van der Waals surface area contributed by atoms with Gasteiger partial charge in [-0.25, -0.2) is 9.78 Å². The third-order valence-corrected chi connectivity index (χ3v) is 5.95. The van der Waals surface area contributed by atoms with E-state index in [0.29, 0.717) is 37.3 Å². The van der Waals surface area contributed by atoms with Gasteiger partial charge in [-0.05, 0) is 24.4 Å². The van der Waals surface area contributed by atoms with Crippen molar-refractivity contribution in [3.8, 4) is 0 Å². The highest BCUT2D eigenvalue weighted by atomic mass is 16.5. The van der Waals surface area contributed by atoms with E-state index in [4.69, 9.17) is 9.15 Å². The number of ether oxygens (including phenoxy) is 1. The van der Waals surface area contributed by atoms with Gasteiger partial charge in [-0.2, -0.15) is 0 Å². The third kappa shape index (κ3) is 3.66. The molecule has 1 fully saturated rings. The summed E-state index contributed by atoms with van der Waals surface area (Å²) in [6.07, 6.45) is 1.76. The van der Waals surface area contributed by atoms with Gasteiger partial charge in [0.25, 0.3) is 5.91 Å². The van der Waals surface area contributed by atoms with Crippen molar-refractivity contribution in [1.29, 1.82) is 0 Å². The molecule has 1 aliphatic rings. The average Bonchev–Trinajstić information content (AvgIpc) is 3.20. The summed E-state index contributed by atoms with van der Waals surface area (Å²) >= 11 is 0. The van der Waals surface area contributed by atoms with E-state index >= 15 is 0 Å². The second-order valence-electron chi connectivity index (χ2n) is 7.85. The maximum atomic E-state index is 12.7. The number of nitrogens with zero attached hydrogens (tertiary/aromatic N) is 3. The van der Waals surface area contributed by atoms with Crippen LogP contribution in [0, 0.1) is 6.92 Å². The molecule has 0 N–H and O–H groups in total. The molecular formula is C25H23N3O4. The fourth-order valence-electron chi connectivity index (χ4n) is 4.15. The number of aryl methyl sites for hydroxylation is 1. The standard InChI is InChI=1S/C25H23N3O4/c1-17-19-10-9-18-6-2-3-7-20(18)24(19)32-23(17)25(30)31-16-22(29)28-14-12-27(13-15-28)21-8-4-5-11-26-21/h2-11H,12-16H2,1H3. The SMILES string of the molecule is Cc1c(C(=O)OCC(=O)N2CCN(c3ccccn3)CC2)oc2c1ccc1ccccc12. The van der Waals surface area contributed by atoms with E-state index in [2.05, 4.69) is 9.88 Å². The van der Waals surface area contributed by atoms with Crippen molar-refractivity contribution >= 4 is 39.4 Å². The molecule has 0 spiro atoms. The zero-order valence-electron chi connectivity index (χ0n) is 17.8. The Balaban J connectivity index is 1.23. The number of aromatic nitrogens is 1. The maximum absolute atomic E-state index is 12.7. The molecule has 2 aromatic carbocycles. The second-order valence-corrected chi connectivity index (χ2v) is 7.85. The summed E-state index contributed by atoms with van der Waals surface area (Å²) in [6.45, 7) is 4.01. The number of rotatable bonds is 4. The quantitative estimate of drug-likeness (QED) is 0.460. The Morgan fingerprint density at radius 3 is 2.53 bits per heavy atom. The van der Waals surface area contributed by atoms with E-state index in [1.807, 2.05) is 61.5 Å². The lowest BCUT2D eigenvalue weighted by Crippen LogP contribution is -2.50. The van der Waals surface area contributed by atoms with Crippen LogP contribution in [0.25, 0.3) is 21.7 Å². The van der Waals surface area contributed by atoms with Gasteiger partial charge < -0.3 is 19.0 Å². The van der Waals surface area contributed by atoms with Crippen molar-refractivity contribution in [2.24, 2.45) is 0 Å². The minimum atomic E-state index is -0.622. The van der Waals surface area contributed by atoms with Crippen molar-refractivity contribution in [3.05, 3.63) is 72.1 Å². The lowest BCUT2D eigenvalue weighted by Gasteiger charge is -2.35. The normalized spacial score (nSPS) is 14.2. The highest BCUT2D eigenvalue weighted by molar-refractivity contribution is 6.08. The van der Waals surface area contributed by atoms with Crippen molar-refractivity contribution in [2.45, 2.75) is 6.92 Å². The molecule has 0 saturated carbocycles. The summed E-state index contributed by atoms with van der Waals surface area (Å²) in [7, 11) is 0. The molecule has 5 rings (SSSR count). The molecule has 0 atom stereocenters. The van der Waals surface area contributed by atoms with Gasteiger partial charge in [0.1, 0.15) is 11.4 Å². The van der Waals surface area contributed by atoms with Crippen LogP contribution in [0.3, 0.4) is 0 Å². The molecule has 32 heavy (non-hydrogen) atoms. The lowest BCUT2D eigenvalue weighted by atomic mass is 10.1. The number of furan rings is 1. The van der Waals surface area contributed by atoms with Crippen molar-refractivity contribution in [3.63, 3.8) is 0 Å². The van der Waals surface area contributed by atoms with Gasteiger partial charge in [-0.3, -0.25) is 4.79 Å². The zero-order chi connectivity index (χ0) is 22.1. The number of hydrogen-bond donors (Lipinski definition) is 0. The molecule has 1 amide bonds. The number of piperazine rings is 1. The minimum Gasteiger partial charge on any atom is -0.450 e. The predicted octanol–water partition coefficient (Wildman–Crippen LogP) is 3.80. The molecule has 3 heterocycles. The second kappa shape index (κ2) is 8.34. The summed E-state index contributed by atoms with van der Waals surface area (Å²) < 4.78 is 11.2. The van der Waals surface area contributed by atoms with Crippen LogP contribution in [0.15, 0.2) is 65.2 Å². The van der Waals surface area contributed by atoms with Crippen molar-refractivity contribution < 1.29 is 18.7 Å². The molecule has 1 aliphatic heterocycles. The number of benzene rings is 2. The highest BCUT2D eigenvalue weighted by Crippen LogP contribution is 2.32. The van der Waals surface area contributed by atoms with E-state index in [-0.39, 0.29) is 18.3 Å². The first kappa shape index (κ1) is 20.1. The van der Waals surface area contributed by atoms with E-state index < -0.39 is 5.97 Å². The first-order valence-corrected chi connectivity index (χ1v) is 10.6. The van der Waals surface area contributed by atoms with E-state index in [9.17, 15) is 9.59 Å². The van der Waals surface area contributed by atoms with Gasteiger partial charge >= 0.3 is 5.97 Å². The van der Waals surface area contributed by atoms with E-state index in [0.717, 1.165) is 22.0 Å². The summed E-state index contributed by atoms with van der Waals surface area (Å²) in [4.78, 5) is 33.5. The fourth-order valence-corrected chi connectivity index (χ4v) is 4.15. The van der Waals surface area contributed by atoms with E-state index in [1.165, 1.54) is 0 Å². The van der Waals surface area contributed by atoms with E-state index in [1.54, 1.807) is 11.1 Å². The number of carbonyl (C=O) groups excluding carboxylic acids is 2. The molecule has 0 aliphatic carbocycles. The van der Waals surface area contributed by atoms with Gasteiger partial charge in [0.2, 0.25) is 5.76 Å². The first-order chi connectivity index (χ1) is 15.6. The summed E-state index contributed by atoms with van der Waals surface area (Å²) in [5.74, 6) is 0.213. The van der Waals surface area contributed by atoms with Crippen molar-refractivity contribution in [2.75, 3.05) is 37.7 Å². The Morgan fingerprint density at radius 1 is 0.969 bits per heavy atom. The number of esters is 1. The number of hydrogen-bond acceptors (Lipinski definition) is 6. The molecule has 0 bridgehead atoms. The molecule has 162 valence electrons. The van der Waals surface area contributed by atoms with Crippen LogP contribution in [0.2, 0.25) is 0 Å². The molecule has 2 aromatic heterocycles. The van der Waals surface area contributed by atoms with Crippen molar-refractivity contribution in [1.82, 2.24) is 9.88 Å². The number of amides is 1. The Kier molecular flexibility index (Phi) is 5.23. The van der Waals surface area contributed by atoms with Crippen LogP contribution < -0.4 is 4.90 Å². The Morgan fingerprint density at radius 2 is 1.75 bits per heavy atom. The minimum absolute atomic E-state index is 0.143. The van der Waals surface area contributed by atoms with Gasteiger partial charge in [0, 0.05) is 48.7 Å². The van der Waals surface area contributed by atoms with Crippen LogP contribution in [0.5, 0.6) is 0 Å². The monoisotopic (exact) mass is 429 g/mol. The molecular weight excluding hydrogens is 406 g/mol. The Labute approximate surface area is 185 Å². The van der Waals surface area contributed by atoms with Crippen LogP contribution in [0.4, 0.5) is 5.82 Å². The molecule has 7 nitrogen and oxygen atoms in total. The topological polar surface area (TPSA) is 75.9 Å². The first-order valence-electron chi connectivity index (χ1n) is 10.6. The lowest BCUT2D eigenvalue weighted by molar-refractivity contribution is -0.134. The van der Waals surface area contributed by atoms with Gasteiger partial charge in [0.15, 0.2) is 6.61 Å².